The Labute approximate surface area is 106 Å². The van der Waals surface area contributed by atoms with Crippen molar-refractivity contribution in [3.63, 3.8) is 0 Å². The molecule has 2 aromatic rings. The van der Waals surface area contributed by atoms with Crippen LogP contribution in [0.5, 0.6) is 17.4 Å². The topological polar surface area (TPSA) is 70.3 Å². The van der Waals surface area contributed by atoms with Crippen molar-refractivity contribution in [2.45, 2.75) is 13.5 Å². The second kappa shape index (κ2) is 5.46. The number of ether oxygens (including phenoxy) is 2. The zero-order chi connectivity index (χ0) is 13.0. The van der Waals surface area contributed by atoms with E-state index in [2.05, 4.69) is 9.97 Å². The first kappa shape index (κ1) is 12.3. The molecule has 0 fully saturated rings. The number of aryl methyl sites for hydroxylation is 1. The zero-order valence-corrected chi connectivity index (χ0v) is 10.4. The van der Waals surface area contributed by atoms with Crippen LogP contribution in [0.2, 0.25) is 0 Å². The Bertz CT molecular complexity index is 544. The van der Waals surface area contributed by atoms with Gasteiger partial charge in [-0.25, -0.2) is 4.98 Å². The van der Waals surface area contributed by atoms with Gasteiger partial charge in [0, 0.05) is 18.8 Å². The highest BCUT2D eigenvalue weighted by molar-refractivity contribution is 5.44. The SMILES string of the molecule is COc1cc(CN)ccc1Oc1ccnc(C)n1. The molecule has 0 bridgehead atoms. The number of nitrogens with zero attached hydrogens (tertiary/aromatic N) is 2. The molecule has 1 aromatic heterocycles. The normalized spacial score (nSPS) is 10.2. The van der Waals surface area contributed by atoms with Crippen molar-refractivity contribution in [1.82, 2.24) is 9.97 Å². The Morgan fingerprint density at radius 1 is 1.22 bits per heavy atom. The number of benzene rings is 1. The van der Waals surface area contributed by atoms with Gasteiger partial charge in [0.25, 0.3) is 0 Å². The number of methoxy groups -OCH3 is 1. The molecule has 2 rings (SSSR count). The summed E-state index contributed by atoms with van der Waals surface area (Å²) in [5, 5.41) is 0. The summed E-state index contributed by atoms with van der Waals surface area (Å²) in [5.41, 5.74) is 6.56. The Morgan fingerprint density at radius 3 is 2.72 bits per heavy atom. The van der Waals surface area contributed by atoms with E-state index in [1.165, 1.54) is 0 Å². The van der Waals surface area contributed by atoms with Gasteiger partial charge in [0.1, 0.15) is 5.82 Å². The van der Waals surface area contributed by atoms with Crippen LogP contribution in [0.1, 0.15) is 11.4 Å². The van der Waals surface area contributed by atoms with E-state index in [9.17, 15) is 0 Å². The summed E-state index contributed by atoms with van der Waals surface area (Å²) in [4.78, 5) is 8.19. The Morgan fingerprint density at radius 2 is 2.06 bits per heavy atom. The molecule has 0 aliphatic heterocycles. The predicted octanol–water partition coefficient (Wildman–Crippen LogP) is 2.04. The van der Waals surface area contributed by atoms with E-state index in [4.69, 9.17) is 15.2 Å². The van der Waals surface area contributed by atoms with Crippen LogP contribution in [0.25, 0.3) is 0 Å². The third-order valence-corrected chi connectivity index (χ3v) is 2.43. The van der Waals surface area contributed by atoms with E-state index >= 15 is 0 Å². The minimum atomic E-state index is 0.462. The van der Waals surface area contributed by atoms with Crippen LogP contribution in [0.3, 0.4) is 0 Å². The summed E-state index contributed by atoms with van der Waals surface area (Å²) in [7, 11) is 1.59. The first-order chi connectivity index (χ1) is 8.72. The summed E-state index contributed by atoms with van der Waals surface area (Å²) in [6.45, 7) is 2.27. The maximum Gasteiger partial charge on any atom is 0.222 e. The van der Waals surface area contributed by atoms with Gasteiger partial charge >= 0.3 is 0 Å². The average molecular weight is 245 g/mol. The molecule has 5 heteroatoms. The highest BCUT2D eigenvalue weighted by atomic mass is 16.5. The number of hydrogen-bond acceptors (Lipinski definition) is 5. The quantitative estimate of drug-likeness (QED) is 0.892. The summed E-state index contributed by atoms with van der Waals surface area (Å²) in [6.07, 6.45) is 1.65. The fraction of sp³-hybridized carbons (Fsp3) is 0.231. The Hall–Kier alpha value is -2.14. The highest BCUT2D eigenvalue weighted by Gasteiger charge is 2.07. The Balaban J connectivity index is 2.28. The molecule has 0 radical (unpaired) electrons. The highest BCUT2D eigenvalue weighted by Crippen LogP contribution is 2.31. The molecule has 0 saturated heterocycles. The number of aromatic nitrogens is 2. The van der Waals surface area contributed by atoms with Crippen molar-refractivity contribution in [3.05, 3.63) is 41.9 Å². The molecular weight excluding hydrogens is 230 g/mol. The minimum Gasteiger partial charge on any atom is -0.493 e. The van der Waals surface area contributed by atoms with E-state index in [0.717, 1.165) is 5.56 Å². The lowest BCUT2D eigenvalue weighted by molar-refractivity contribution is 0.373. The lowest BCUT2D eigenvalue weighted by atomic mass is 10.2. The van der Waals surface area contributed by atoms with Crippen molar-refractivity contribution in [2.75, 3.05) is 7.11 Å². The van der Waals surface area contributed by atoms with Gasteiger partial charge in [0.2, 0.25) is 5.88 Å². The lowest BCUT2D eigenvalue weighted by Crippen LogP contribution is -1.98. The van der Waals surface area contributed by atoms with Gasteiger partial charge in [-0.05, 0) is 24.6 Å². The Kier molecular flexibility index (Phi) is 3.74. The van der Waals surface area contributed by atoms with Crippen molar-refractivity contribution >= 4 is 0 Å². The first-order valence-electron chi connectivity index (χ1n) is 5.57. The van der Waals surface area contributed by atoms with Crippen LogP contribution in [-0.2, 0) is 6.54 Å². The van der Waals surface area contributed by atoms with Crippen molar-refractivity contribution in [2.24, 2.45) is 5.73 Å². The largest absolute Gasteiger partial charge is 0.493 e. The molecule has 0 unspecified atom stereocenters. The van der Waals surface area contributed by atoms with Gasteiger partial charge in [-0.15, -0.1) is 0 Å². The third kappa shape index (κ3) is 2.75. The van der Waals surface area contributed by atoms with Gasteiger partial charge in [-0.1, -0.05) is 6.07 Å². The fourth-order valence-corrected chi connectivity index (χ4v) is 1.53. The van der Waals surface area contributed by atoms with Crippen LogP contribution < -0.4 is 15.2 Å². The molecule has 0 amide bonds. The molecular formula is C13H15N3O2. The van der Waals surface area contributed by atoms with Gasteiger partial charge in [-0.3, -0.25) is 0 Å². The summed E-state index contributed by atoms with van der Waals surface area (Å²) in [5.74, 6) is 2.38. The van der Waals surface area contributed by atoms with Crippen LogP contribution in [0.15, 0.2) is 30.5 Å². The molecule has 0 aliphatic carbocycles. The standard InChI is InChI=1S/C13H15N3O2/c1-9-15-6-5-13(16-9)18-11-4-3-10(8-14)7-12(11)17-2/h3-7H,8,14H2,1-2H3. The van der Waals surface area contributed by atoms with Gasteiger partial charge < -0.3 is 15.2 Å². The van der Waals surface area contributed by atoms with E-state index in [1.54, 1.807) is 19.4 Å². The summed E-state index contributed by atoms with van der Waals surface area (Å²) < 4.78 is 10.9. The van der Waals surface area contributed by atoms with Crippen molar-refractivity contribution < 1.29 is 9.47 Å². The van der Waals surface area contributed by atoms with Crippen molar-refractivity contribution in [1.29, 1.82) is 0 Å². The van der Waals surface area contributed by atoms with E-state index in [1.807, 2.05) is 25.1 Å². The van der Waals surface area contributed by atoms with E-state index in [0.29, 0.717) is 29.7 Å². The van der Waals surface area contributed by atoms with Gasteiger partial charge in [0.15, 0.2) is 11.5 Å². The average Bonchev–Trinajstić information content (AvgIpc) is 2.39. The number of nitrogens with two attached hydrogens (primary N) is 1. The maximum absolute atomic E-state index is 5.66. The van der Waals surface area contributed by atoms with Crippen LogP contribution >= 0.6 is 0 Å². The number of hydrogen-bond donors (Lipinski definition) is 1. The van der Waals surface area contributed by atoms with E-state index in [-0.39, 0.29) is 0 Å². The molecule has 18 heavy (non-hydrogen) atoms. The van der Waals surface area contributed by atoms with Crippen LogP contribution in [-0.4, -0.2) is 17.1 Å². The van der Waals surface area contributed by atoms with Crippen LogP contribution in [0.4, 0.5) is 0 Å². The minimum absolute atomic E-state index is 0.462. The maximum atomic E-state index is 5.66. The molecule has 5 nitrogen and oxygen atoms in total. The molecule has 1 aromatic carbocycles. The monoisotopic (exact) mass is 245 g/mol. The molecule has 2 N–H and O–H groups in total. The second-order valence-electron chi connectivity index (χ2n) is 3.73. The molecule has 0 aliphatic rings. The molecule has 0 spiro atoms. The predicted molar refractivity (Wildman–Crippen MR) is 67.7 cm³/mol. The van der Waals surface area contributed by atoms with Crippen LogP contribution in [0, 0.1) is 6.92 Å². The third-order valence-electron chi connectivity index (χ3n) is 2.43. The van der Waals surface area contributed by atoms with E-state index < -0.39 is 0 Å². The molecule has 0 saturated carbocycles. The summed E-state index contributed by atoms with van der Waals surface area (Å²) in [6, 6.07) is 7.26. The summed E-state index contributed by atoms with van der Waals surface area (Å²) >= 11 is 0. The first-order valence-corrected chi connectivity index (χ1v) is 5.57. The van der Waals surface area contributed by atoms with Gasteiger partial charge in [-0.2, -0.15) is 4.98 Å². The van der Waals surface area contributed by atoms with Crippen molar-refractivity contribution in [3.8, 4) is 17.4 Å². The fourth-order valence-electron chi connectivity index (χ4n) is 1.53. The van der Waals surface area contributed by atoms with Gasteiger partial charge in [0.05, 0.1) is 7.11 Å². The lowest BCUT2D eigenvalue weighted by Gasteiger charge is -2.10. The molecule has 1 heterocycles. The zero-order valence-electron chi connectivity index (χ0n) is 10.4. The smallest absolute Gasteiger partial charge is 0.222 e. The molecule has 94 valence electrons. The number of rotatable bonds is 4. The second-order valence-corrected chi connectivity index (χ2v) is 3.73. The molecule has 0 atom stereocenters.